The summed E-state index contributed by atoms with van der Waals surface area (Å²) in [5.41, 5.74) is 3.39. The SMILES string of the molecule is CCOC(=O)c1ccc(NC(=O)N2C(CC)CC2CNCc2c(-c3c(Cl)cccc3Cl)noc2C2CC2)cc1. The van der Waals surface area contributed by atoms with Crippen LogP contribution in [0.3, 0.4) is 0 Å². The van der Waals surface area contributed by atoms with Crippen molar-refractivity contribution in [1.29, 1.82) is 0 Å². The number of hydrogen-bond acceptors (Lipinski definition) is 6. The van der Waals surface area contributed by atoms with Crippen LogP contribution in [0.15, 0.2) is 47.0 Å². The third-order valence-electron chi connectivity index (χ3n) is 7.33. The zero-order chi connectivity index (χ0) is 27.5. The molecule has 0 radical (unpaired) electrons. The van der Waals surface area contributed by atoms with Crippen molar-refractivity contribution < 1.29 is 18.8 Å². The molecule has 1 aromatic heterocycles. The summed E-state index contributed by atoms with van der Waals surface area (Å²) in [5.74, 6) is 0.873. The van der Waals surface area contributed by atoms with Gasteiger partial charge in [0.05, 0.1) is 22.2 Å². The minimum atomic E-state index is -0.382. The minimum Gasteiger partial charge on any atom is -0.462 e. The van der Waals surface area contributed by atoms with Crippen molar-refractivity contribution in [3.63, 3.8) is 0 Å². The van der Waals surface area contributed by atoms with E-state index in [4.69, 9.17) is 32.5 Å². The Morgan fingerprint density at radius 1 is 1.08 bits per heavy atom. The molecule has 2 atom stereocenters. The second kappa shape index (κ2) is 12.0. The van der Waals surface area contributed by atoms with Crippen molar-refractivity contribution >= 4 is 40.9 Å². The lowest BCUT2D eigenvalue weighted by atomic mass is 9.91. The van der Waals surface area contributed by atoms with Crippen LogP contribution in [0.4, 0.5) is 10.5 Å². The Labute approximate surface area is 238 Å². The van der Waals surface area contributed by atoms with Crippen LogP contribution in [0.2, 0.25) is 10.0 Å². The van der Waals surface area contributed by atoms with Crippen LogP contribution in [0, 0.1) is 0 Å². The molecule has 2 aliphatic rings. The number of esters is 1. The van der Waals surface area contributed by atoms with Gasteiger partial charge in [-0.05, 0) is 69.0 Å². The molecule has 2 fully saturated rings. The Bertz CT molecular complexity index is 1320. The average Bonchev–Trinajstić information content (AvgIpc) is 3.66. The van der Waals surface area contributed by atoms with Crippen molar-refractivity contribution in [2.45, 2.75) is 64.1 Å². The fourth-order valence-corrected chi connectivity index (χ4v) is 5.69. The minimum absolute atomic E-state index is 0.0466. The number of ether oxygens (including phenoxy) is 1. The number of anilines is 1. The van der Waals surface area contributed by atoms with E-state index < -0.39 is 0 Å². The molecule has 1 saturated heterocycles. The first-order valence-corrected chi connectivity index (χ1v) is 14.2. The molecule has 1 saturated carbocycles. The summed E-state index contributed by atoms with van der Waals surface area (Å²) in [4.78, 5) is 27.0. The lowest BCUT2D eigenvalue weighted by molar-refractivity contribution is 0.0526. The number of halogens is 2. The normalized spacial score (nSPS) is 18.5. The van der Waals surface area contributed by atoms with E-state index in [9.17, 15) is 9.59 Å². The highest BCUT2D eigenvalue weighted by atomic mass is 35.5. The Balaban J connectivity index is 1.24. The molecule has 5 rings (SSSR count). The second-order valence-corrected chi connectivity index (χ2v) is 10.8. The summed E-state index contributed by atoms with van der Waals surface area (Å²) in [6.07, 6.45) is 3.94. The molecular weight excluding hydrogens is 539 g/mol. The number of urea groups is 1. The molecule has 2 unspecified atom stereocenters. The molecule has 2 N–H and O–H groups in total. The van der Waals surface area contributed by atoms with Gasteiger partial charge in [-0.1, -0.05) is 41.3 Å². The molecule has 206 valence electrons. The van der Waals surface area contributed by atoms with E-state index in [-0.39, 0.29) is 24.1 Å². The highest BCUT2D eigenvalue weighted by Gasteiger charge is 2.40. The number of rotatable bonds is 10. The first kappa shape index (κ1) is 27.5. The zero-order valence-corrected chi connectivity index (χ0v) is 23.5. The lowest BCUT2D eigenvalue weighted by Gasteiger charge is -2.48. The number of hydrogen-bond donors (Lipinski definition) is 2. The van der Waals surface area contributed by atoms with Gasteiger partial charge < -0.3 is 24.8 Å². The third-order valence-corrected chi connectivity index (χ3v) is 7.96. The molecule has 8 nitrogen and oxygen atoms in total. The fourth-order valence-electron chi connectivity index (χ4n) is 5.11. The van der Waals surface area contributed by atoms with E-state index in [1.54, 1.807) is 43.3 Å². The standard InChI is InChI=1S/C29H32Cl2N4O4/c1-3-20-14-21(35(20)29(37)33-19-12-10-18(11-13-19)28(36)38-4-2)15-32-16-22-26(34-39-27(22)17-8-9-17)25-23(30)6-5-7-24(25)31/h5-7,10-13,17,20-21,32H,3-4,8-9,14-16H2,1-2H3,(H,33,37). The Morgan fingerprint density at radius 3 is 2.44 bits per heavy atom. The van der Waals surface area contributed by atoms with Crippen molar-refractivity contribution in [1.82, 2.24) is 15.4 Å². The monoisotopic (exact) mass is 570 g/mol. The predicted octanol–water partition coefficient (Wildman–Crippen LogP) is 6.88. The molecule has 39 heavy (non-hydrogen) atoms. The summed E-state index contributed by atoms with van der Waals surface area (Å²) in [5, 5.41) is 11.9. The smallest absolute Gasteiger partial charge is 0.338 e. The van der Waals surface area contributed by atoms with Crippen LogP contribution in [0.25, 0.3) is 11.3 Å². The number of likely N-dealkylation sites (tertiary alicyclic amines) is 1. The Hall–Kier alpha value is -3.07. The van der Waals surface area contributed by atoms with Gasteiger partial charge in [-0.3, -0.25) is 0 Å². The van der Waals surface area contributed by atoms with Gasteiger partial charge >= 0.3 is 12.0 Å². The average molecular weight is 572 g/mol. The molecule has 1 aliphatic heterocycles. The van der Waals surface area contributed by atoms with E-state index in [2.05, 4.69) is 22.7 Å². The third kappa shape index (κ3) is 5.93. The van der Waals surface area contributed by atoms with Gasteiger partial charge in [0.25, 0.3) is 0 Å². The van der Waals surface area contributed by atoms with Gasteiger partial charge in [0.1, 0.15) is 11.5 Å². The van der Waals surface area contributed by atoms with Crippen LogP contribution in [0.1, 0.15) is 67.1 Å². The van der Waals surface area contributed by atoms with Crippen molar-refractivity contribution in [3.05, 3.63) is 69.4 Å². The first-order valence-electron chi connectivity index (χ1n) is 13.4. The molecule has 10 heteroatoms. The second-order valence-electron chi connectivity index (χ2n) is 9.96. The Morgan fingerprint density at radius 2 is 1.79 bits per heavy atom. The largest absolute Gasteiger partial charge is 0.462 e. The maximum atomic E-state index is 13.2. The molecule has 0 spiro atoms. The number of aromatic nitrogens is 1. The maximum Gasteiger partial charge on any atom is 0.338 e. The van der Waals surface area contributed by atoms with Crippen LogP contribution < -0.4 is 10.6 Å². The summed E-state index contributed by atoms with van der Waals surface area (Å²) < 4.78 is 10.8. The van der Waals surface area contributed by atoms with Crippen molar-refractivity contribution in [2.24, 2.45) is 0 Å². The molecule has 2 heterocycles. The van der Waals surface area contributed by atoms with E-state index in [0.29, 0.717) is 58.2 Å². The first-order chi connectivity index (χ1) is 18.9. The molecular formula is C29H32Cl2N4O4. The summed E-state index contributed by atoms with van der Waals surface area (Å²) in [7, 11) is 0. The number of carbonyl (C=O) groups excluding carboxylic acids is 2. The van der Waals surface area contributed by atoms with Crippen LogP contribution in [-0.2, 0) is 11.3 Å². The van der Waals surface area contributed by atoms with Gasteiger partial charge in [0.15, 0.2) is 0 Å². The molecule has 2 aromatic carbocycles. The highest BCUT2D eigenvalue weighted by molar-refractivity contribution is 6.39. The maximum absolute atomic E-state index is 13.2. The van der Waals surface area contributed by atoms with Crippen molar-refractivity contribution in [2.75, 3.05) is 18.5 Å². The zero-order valence-electron chi connectivity index (χ0n) is 22.0. The molecule has 0 bridgehead atoms. The Kier molecular flexibility index (Phi) is 8.45. The van der Waals surface area contributed by atoms with Crippen LogP contribution >= 0.6 is 23.2 Å². The number of carbonyl (C=O) groups is 2. The number of nitrogens with one attached hydrogen (secondary N) is 2. The molecule has 3 aromatic rings. The lowest BCUT2D eigenvalue weighted by Crippen LogP contribution is -2.62. The van der Waals surface area contributed by atoms with Gasteiger partial charge in [-0.15, -0.1) is 0 Å². The number of benzene rings is 2. The van der Waals surface area contributed by atoms with Crippen molar-refractivity contribution in [3.8, 4) is 11.3 Å². The molecule has 1 aliphatic carbocycles. The van der Waals surface area contributed by atoms with E-state index in [0.717, 1.165) is 37.0 Å². The van der Waals surface area contributed by atoms with Gasteiger partial charge in [0.2, 0.25) is 0 Å². The van der Waals surface area contributed by atoms with Crippen LogP contribution in [-0.4, -0.2) is 47.3 Å². The quantitative estimate of drug-likeness (QED) is 0.258. The fraction of sp³-hybridized carbons (Fsp3) is 0.414. The van der Waals surface area contributed by atoms with Gasteiger partial charge in [0, 0.05) is 47.9 Å². The van der Waals surface area contributed by atoms with E-state index >= 15 is 0 Å². The predicted molar refractivity (Wildman–Crippen MR) is 151 cm³/mol. The topological polar surface area (TPSA) is 96.7 Å². The highest BCUT2D eigenvalue weighted by Crippen LogP contribution is 2.45. The van der Waals surface area contributed by atoms with E-state index in [1.807, 2.05) is 11.0 Å². The van der Waals surface area contributed by atoms with Crippen LogP contribution in [0.5, 0.6) is 0 Å². The van der Waals surface area contributed by atoms with E-state index in [1.165, 1.54) is 0 Å². The van der Waals surface area contributed by atoms with Gasteiger partial charge in [-0.25, -0.2) is 9.59 Å². The summed E-state index contributed by atoms with van der Waals surface area (Å²) in [6.45, 7) is 5.32. The summed E-state index contributed by atoms with van der Waals surface area (Å²) >= 11 is 13.0. The van der Waals surface area contributed by atoms with Gasteiger partial charge in [-0.2, -0.15) is 0 Å². The number of nitrogens with zero attached hydrogens (tertiary/aromatic N) is 2. The number of amides is 2. The molecule has 2 amide bonds. The summed E-state index contributed by atoms with van der Waals surface area (Å²) in [6, 6.07) is 12.2.